The molecule has 0 aliphatic heterocycles. The molecular weight excluding hydrogens is 255 g/mol. The fourth-order valence-electron chi connectivity index (χ4n) is 1.31. The van der Waals surface area contributed by atoms with Gasteiger partial charge in [-0.1, -0.05) is 6.07 Å². The van der Waals surface area contributed by atoms with E-state index < -0.39 is 11.2 Å². The summed E-state index contributed by atoms with van der Waals surface area (Å²) in [6.45, 7) is 7.10. The number of hydrogen-bond acceptors (Lipinski definition) is 4. The predicted molar refractivity (Wildman–Crippen MR) is 80.5 cm³/mol. The molecule has 0 aliphatic carbocycles. The molecule has 0 bridgehead atoms. The standard InChI is InChI=1S/C14H23BN2O3/c1-13(2,19)14(3,4)20-15-10-7-8-11(16-9-10)12(18)17(5)6/h7-9,15,19H,1-6H3. The zero-order valence-corrected chi connectivity index (χ0v) is 13.1. The van der Waals surface area contributed by atoms with E-state index >= 15 is 0 Å². The van der Waals surface area contributed by atoms with Crippen LogP contribution in [0.4, 0.5) is 0 Å². The fourth-order valence-corrected chi connectivity index (χ4v) is 1.31. The minimum absolute atomic E-state index is 0.130. The van der Waals surface area contributed by atoms with Gasteiger partial charge in [0.05, 0.1) is 11.2 Å². The van der Waals surface area contributed by atoms with E-state index in [0.717, 1.165) is 5.46 Å². The lowest BCUT2D eigenvalue weighted by Gasteiger charge is -2.37. The number of carbonyl (C=O) groups is 1. The van der Waals surface area contributed by atoms with Crippen LogP contribution in [0.1, 0.15) is 38.2 Å². The Morgan fingerprint density at radius 1 is 1.30 bits per heavy atom. The van der Waals surface area contributed by atoms with Crippen molar-refractivity contribution < 1.29 is 14.6 Å². The van der Waals surface area contributed by atoms with Crippen LogP contribution >= 0.6 is 0 Å². The molecule has 1 N–H and O–H groups in total. The van der Waals surface area contributed by atoms with Crippen LogP contribution in [0.15, 0.2) is 18.3 Å². The Hall–Kier alpha value is -1.40. The molecule has 5 nitrogen and oxygen atoms in total. The molecule has 1 amide bonds. The van der Waals surface area contributed by atoms with E-state index in [1.807, 2.05) is 19.9 Å². The van der Waals surface area contributed by atoms with Crippen molar-refractivity contribution in [1.82, 2.24) is 9.88 Å². The molecule has 0 saturated carbocycles. The van der Waals surface area contributed by atoms with Gasteiger partial charge < -0.3 is 14.7 Å². The normalized spacial score (nSPS) is 12.2. The maximum atomic E-state index is 11.7. The molecule has 0 aromatic carbocycles. The van der Waals surface area contributed by atoms with Gasteiger partial charge in [-0.2, -0.15) is 0 Å². The fraction of sp³-hybridized carbons (Fsp3) is 0.571. The van der Waals surface area contributed by atoms with Crippen LogP contribution in [0.5, 0.6) is 0 Å². The topological polar surface area (TPSA) is 62.7 Å². The van der Waals surface area contributed by atoms with Gasteiger partial charge >= 0.3 is 7.48 Å². The van der Waals surface area contributed by atoms with Gasteiger partial charge in [-0.3, -0.25) is 9.78 Å². The molecule has 0 aliphatic rings. The summed E-state index contributed by atoms with van der Waals surface area (Å²) >= 11 is 0. The number of aromatic nitrogens is 1. The number of aliphatic hydroxyl groups is 1. The quantitative estimate of drug-likeness (QED) is 0.788. The van der Waals surface area contributed by atoms with Crippen LogP contribution in [0.25, 0.3) is 0 Å². The summed E-state index contributed by atoms with van der Waals surface area (Å²) < 4.78 is 5.74. The summed E-state index contributed by atoms with van der Waals surface area (Å²) in [4.78, 5) is 17.3. The molecular formula is C14H23BN2O3. The summed E-state index contributed by atoms with van der Waals surface area (Å²) in [5.41, 5.74) is -0.357. The monoisotopic (exact) mass is 278 g/mol. The lowest BCUT2D eigenvalue weighted by Crippen LogP contribution is -2.49. The molecule has 0 unspecified atom stereocenters. The molecule has 0 fully saturated rings. The highest BCUT2D eigenvalue weighted by atomic mass is 16.5. The van der Waals surface area contributed by atoms with E-state index in [-0.39, 0.29) is 5.91 Å². The van der Waals surface area contributed by atoms with Gasteiger partial charge in [0.1, 0.15) is 5.69 Å². The highest BCUT2D eigenvalue weighted by Crippen LogP contribution is 2.24. The number of hydrogen-bond donors (Lipinski definition) is 1. The van der Waals surface area contributed by atoms with E-state index in [1.165, 1.54) is 4.90 Å². The first-order valence-electron chi connectivity index (χ1n) is 6.57. The molecule has 110 valence electrons. The van der Waals surface area contributed by atoms with E-state index in [0.29, 0.717) is 13.2 Å². The Balaban J connectivity index is 2.70. The van der Waals surface area contributed by atoms with E-state index in [2.05, 4.69) is 4.98 Å². The minimum Gasteiger partial charge on any atom is -0.427 e. The SMILES string of the molecule is CN(C)C(=O)c1ccc(BOC(C)(C)C(C)(C)O)cn1. The molecule has 0 radical (unpaired) electrons. The van der Waals surface area contributed by atoms with Gasteiger partial charge in [0.15, 0.2) is 0 Å². The van der Waals surface area contributed by atoms with Crippen LogP contribution in [-0.2, 0) is 4.65 Å². The third-order valence-corrected chi connectivity index (χ3v) is 3.52. The Kier molecular flexibility index (Phi) is 4.94. The second kappa shape index (κ2) is 5.93. The highest BCUT2D eigenvalue weighted by molar-refractivity contribution is 6.46. The van der Waals surface area contributed by atoms with Crippen LogP contribution in [0.3, 0.4) is 0 Å². The van der Waals surface area contributed by atoms with Crippen LogP contribution in [0.2, 0.25) is 0 Å². The Labute approximate surface area is 121 Å². The molecule has 0 spiro atoms. The molecule has 20 heavy (non-hydrogen) atoms. The number of pyridine rings is 1. The first-order valence-corrected chi connectivity index (χ1v) is 6.57. The second-order valence-electron chi connectivity index (χ2n) is 6.11. The zero-order chi connectivity index (χ0) is 15.6. The molecule has 1 aromatic rings. The maximum Gasteiger partial charge on any atom is 0.311 e. The van der Waals surface area contributed by atoms with Crippen molar-refractivity contribution in [2.45, 2.75) is 38.9 Å². The Morgan fingerprint density at radius 2 is 1.90 bits per heavy atom. The zero-order valence-electron chi connectivity index (χ0n) is 13.1. The average molecular weight is 278 g/mol. The lowest BCUT2D eigenvalue weighted by atomic mass is 9.83. The number of nitrogens with zero attached hydrogens (tertiary/aromatic N) is 2. The molecule has 1 heterocycles. The van der Waals surface area contributed by atoms with E-state index in [1.54, 1.807) is 40.2 Å². The van der Waals surface area contributed by atoms with E-state index in [4.69, 9.17) is 4.65 Å². The van der Waals surface area contributed by atoms with Crippen LogP contribution in [-0.4, -0.2) is 53.7 Å². The van der Waals surface area contributed by atoms with Gasteiger partial charge in [-0.25, -0.2) is 0 Å². The maximum absolute atomic E-state index is 11.7. The summed E-state index contributed by atoms with van der Waals surface area (Å²) in [7, 11) is 3.71. The van der Waals surface area contributed by atoms with Crippen molar-refractivity contribution in [1.29, 1.82) is 0 Å². The minimum atomic E-state index is -0.943. The Bertz CT molecular complexity index is 464. The van der Waals surface area contributed by atoms with Crippen molar-refractivity contribution in [2.75, 3.05) is 14.1 Å². The molecule has 0 atom stereocenters. The van der Waals surface area contributed by atoms with Gasteiger partial charge in [0.25, 0.3) is 5.91 Å². The first kappa shape index (κ1) is 16.7. The van der Waals surface area contributed by atoms with Gasteiger partial charge in [-0.15, -0.1) is 0 Å². The summed E-state index contributed by atoms with van der Waals surface area (Å²) in [6.07, 6.45) is 1.62. The Morgan fingerprint density at radius 3 is 2.30 bits per heavy atom. The molecule has 6 heteroatoms. The molecule has 1 aromatic heterocycles. The predicted octanol–water partition coefficient (Wildman–Crippen LogP) is 0.326. The highest BCUT2D eigenvalue weighted by Gasteiger charge is 2.35. The smallest absolute Gasteiger partial charge is 0.311 e. The first-order chi connectivity index (χ1) is 9.04. The third-order valence-electron chi connectivity index (χ3n) is 3.52. The summed E-state index contributed by atoms with van der Waals surface area (Å²) in [5, 5.41) is 10.0. The van der Waals surface area contributed by atoms with Crippen LogP contribution in [0, 0.1) is 0 Å². The van der Waals surface area contributed by atoms with Gasteiger partial charge in [-0.05, 0) is 39.2 Å². The van der Waals surface area contributed by atoms with Crippen molar-refractivity contribution >= 4 is 18.9 Å². The second-order valence-corrected chi connectivity index (χ2v) is 6.11. The molecule has 1 rings (SSSR count). The number of rotatable bonds is 5. The van der Waals surface area contributed by atoms with Crippen molar-refractivity contribution in [2.24, 2.45) is 0 Å². The average Bonchev–Trinajstić information content (AvgIpc) is 2.34. The van der Waals surface area contributed by atoms with Crippen molar-refractivity contribution in [3.05, 3.63) is 24.0 Å². The summed E-state index contributed by atoms with van der Waals surface area (Å²) in [5.74, 6) is -0.130. The van der Waals surface area contributed by atoms with Gasteiger partial charge in [0, 0.05) is 20.3 Å². The summed E-state index contributed by atoms with van der Waals surface area (Å²) in [6, 6.07) is 3.49. The number of carbonyl (C=O) groups excluding carboxylic acids is 1. The third kappa shape index (κ3) is 4.05. The largest absolute Gasteiger partial charge is 0.427 e. The van der Waals surface area contributed by atoms with E-state index in [9.17, 15) is 9.90 Å². The van der Waals surface area contributed by atoms with Crippen LogP contribution < -0.4 is 5.46 Å². The number of amides is 1. The molecule has 0 saturated heterocycles. The van der Waals surface area contributed by atoms with Gasteiger partial charge in [0.2, 0.25) is 0 Å². The van der Waals surface area contributed by atoms with Crippen molar-refractivity contribution in [3.63, 3.8) is 0 Å². The lowest BCUT2D eigenvalue weighted by molar-refractivity contribution is -0.0893. The van der Waals surface area contributed by atoms with Crippen molar-refractivity contribution in [3.8, 4) is 0 Å².